The Morgan fingerprint density at radius 3 is 2.57 bits per heavy atom. The minimum atomic E-state index is -0.824. The number of carbonyl (C=O) groups excluding carboxylic acids is 2. The summed E-state index contributed by atoms with van der Waals surface area (Å²) in [5, 5.41) is 10.5. The maximum atomic E-state index is 13.0. The van der Waals surface area contributed by atoms with Crippen LogP contribution >= 0.6 is 0 Å². The second kappa shape index (κ2) is 6.57. The number of aliphatic hydroxyl groups excluding tert-OH is 1. The van der Waals surface area contributed by atoms with Gasteiger partial charge in [-0.2, -0.15) is 0 Å². The highest BCUT2D eigenvalue weighted by Crippen LogP contribution is 2.43. The average molecular weight is 316 g/mol. The number of carbonyl (C=O) groups is 2. The summed E-state index contributed by atoms with van der Waals surface area (Å²) in [5.74, 6) is -0.934. The number of esters is 1. The number of ether oxygens (including phenoxy) is 1. The molecule has 1 aliphatic carbocycles. The topological polar surface area (TPSA) is 63.6 Å². The van der Waals surface area contributed by atoms with Gasteiger partial charge < -0.3 is 9.84 Å². The first kappa shape index (κ1) is 17.3. The van der Waals surface area contributed by atoms with E-state index in [1.807, 2.05) is 19.1 Å². The van der Waals surface area contributed by atoms with Gasteiger partial charge in [0.25, 0.3) is 0 Å². The molecule has 2 rings (SSSR count). The van der Waals surface area contributed by atoms with Gasteiger partial charge in [0.15, 0.2) is 5.78 Å². The molecule has 0 bridgehead atoms. The molecule has 1 aliphatic rings. The van der Waals surface area contributed by atoms with Crippen LogP contribution in [0.25, 0.3) is 5.76 Å². The molecule has 4 heteroatoms. The second-order valence-corrected chi connectivity index (χ2v) is 6.58. The Labute approximate surface area is 137 Å². The Kier molecular flexibility index (Phi) is 4.93. The first-order valence-corrected chi connectivity index (χ1v) is 8.08. The van der Waals surface area contributed by atoms with Gasteiger partial charge in [0.1, 0.15) is 11.3 Å². The molecular weight excluding hydrogens is 292 g/mol. The third-order valence-corrected chi connectivity index (χ3v) is 4.44. The van der Waals surface area contributed by atoms with Crippen LogP contribution in [0.1, 0.15) is 51.7 Å². The predicted octanol–water partition coefficient (Wildman–Crippen LogP) is 3.80. The molecule has 1 aromatic carbocycles. The van der Waals surface area contributed by atoms with Gasteiger partial charge >= 0.3 is 5.97 Å². The van der Waals surface area contributed by atoms with Gasteiger partial charge in [-0.25, -0.2) is 4.79 Å². The molecule has 0 heterocycles. The summed E-state index contributed by atoms with van der Waals surface area (Å²) in [7, 11) is 0. The van der Waals surface area contributed by atoms with Gasteiger partial charge in [0.2, 0.25) is 0 Å². The van der Waals surface area contributed by atoms with E-state index in [-0.39, 0.29) is 23.7 Å². The number of fused-ring (bicyclic) bond motifs is 1. The Balaban J connectivity index is 2.59. The lowest BCUT2D eigenvalue weighted by Crippen LogP contribution is -2.41. The van der Waals surface area contributed by atoms with E-state index in [9.17, 15) is 14.7 Å². The third-order valence-electron chi connectivity index (χ3n) is 4.44. The zero-order chi connectivity index (χ0) is 17.2. The van der Waals surface area contributed by atoms with Crippen LogP contribution in [0.4, 0.5) is 0 Å². The highest BCUT2D eigenvalue weighted by molar-refractivity contribution is 6.26. The van der Waals surface area contributed by atoms with Crippen molar-refractivity contribution in [3.8, 4) is 0 Å². The molecule has 0 spiro atoms. The maximum Gasteiger partial charge on any atom is 0.345 e. The number of benzene rings is 1. The normalized spacial score (nSPS) is 20.7. The molecule has 4 nitrogen and oxygen atoms in total. The summed E-state index contributed by atoms with van der Waals surface area (Å²) in [5.41, 5.74) is 0.268. The van der Waals surface area contributed by atoms with Crippen molar-refractivity contribution in [1.29, 1.82) is 0 Å². The van der Waals surface area contributed by atoms with Gasteiger partial charge in [-0.05, 0) is 38.2 Å². The van der Waals surface area contributed by atoms with Gasteiger partial charge in [-0.3, -0.25) is 4.79 Å². The van der Waals surface area contributed by atoms with Crippen molar-refractivity contribution in [3.05, 3.63) is 41.0 Å². The second-order valence-electron chi connectivity index (χ2n) is 6.58. The molecule has 1 aromatic rings. The van der Waals surface area contributed by atoms with Crippen molar-refractivity contribution in [2.24, 2.45) is 5.92 Å². The minimum Gasteiger partial charge on any atom is -0.506 e. The van der Waals surface area contributed by atoms with Crippen LogP contribution in [0.3, 0.4) is 0 Å². The number of hydrogen-bond donors (Lipinski definition) is 1. The monoisotopic (exact) mass is 316 g/mol. The molecule has 23 heavy (non-hydrogen) atoms. The molecule has 0 fully saturated rings. The number of rotatable bonds is 5. The summed E-state index contributed by atoms with van der Waals surface area (Å²) >= 11 is 0. The van der Waals surface area contributed by atoms with Crippen LogP contribution in [0, 0.1) is 5.92 Å². The maximum absolute atomic E-state index is 13.0. The Bertz CT molecular complexity index is 657. The Hall–Kier alpha value is -2.10. The molecule has 124 valence electrons. The van der Waals surface area contributed by atoms with Crippen molar-refractivity contribution < 1.29 is 19.4 Å². The number of hydrogen-bond acceptors (Lipinski definition) is 4. The van der Waals surface area contributed by atoms with E-state index in [0.29, 0.717) is 17.9 Å². The molecule has 0 saturated carbocycles. The third kappa shape index (κ3) is 3.03. The minimum absolute atomic E-state index is 0.160. The fourth-order valence-electron chi connectivity index (χ4n) is 3.03. The summed E-state index contributed by atoms with van der Waals surface area (Å²) in [6.45, 7) is 7.88. The largest absolute Gasteiger partial charge is 0.506 e. The highest BCUT2D eigenvalue weighted by atomic mass is 16.5. The molecule has 1 atom stereocenters. The van der Waals surface area contributed by atoms with Crippen molar-refractivity contribution >= 4 is 17.5 Å². The van der Waals surface area contributed by atoms with Crippen molar-refractivity contribution in [1.82, 2.24) is 0 Å². The molecule has 0 saturated heterocycles. The first-order chi connectivity index (χ1) is 10.8. The van der Waals surface area contributed by atoms with Crippen LogP contribution in [0.5, 0.6) is 0 Å². The van der Waals surface area contributed by atoms with Crippen molar-refractivity contribution in [2.45, 2.75) is 46.0 Å². The van der Waals surface area contributed by atoms with Crippen LogP contribution in [-0.2, 0) is 19.7 Å². The predicted molar refractivity (Wildman–Crippen MR) is 89.1 cm³/mol. The summed E-state index contributed by atoms with van der Waals surface area (Å²) in [6, 6.07) is 7.23. The fourth-order valence-corrected chi connectivity index (χ4v) is 3.03. The van der Waals surface area contributed by atoms with E-state index in [1.54, 1.807) is 19.1 Å². The quantitative estimate of drug-likeness (QED) is 0.663. The lowest BCUT2D eigenvalue weighted by molar-refractivity contribution is -0.140. The van der Waals surface area contributed by atoms with Crippen molar-refractivity contribution in [3.63, 3.8) is 0 Å². The molecule has 0 aliphatic heterocycles. The SMILES string of the molecule is CCOC(=O)C1=C(O)c2ccccc2[C@](C)(CCC(C)C)C1=O. The van der Waals surface area contributed by atoms with Crippen LogP contribution in [-0.4, -0.2) is 23.5 Å². The van der Waals surface area contributed by atoms with E-state index in [0.717, 1.165) is 12.0 Å². The smallest absolute Gasteiger partial charge is 0.345 e. The lowest BCUT2D eigenvalue weighted by Gasteiger charge is -2.35. The highest BCUT2D eigenvalue weighted by Gasteiger charge is 2.46. The van der Waals surface area contributed by atoms with E-state index < -0.39 is 11.4 Å². The molecule has 0 amide bonds. The van der Waals surface area contributed by atoms with E-state index in [2.05, 4.69) is 13.8 Å². The standard InChI is InChI=1S/C19H24O4/c1-5-23-18(22)15-16(20)13-8-6-7-9-14(13)19(4,17(15)21)11-10-12(2)3/h6-9,12,20H,5,10-11H2,1-4H3/t19-/m0/s1. The molecule has 1 N–H and O–H groups in total. The lowest BCUT2D eigenvalue weighted by atomic mass is 9.67. The van der Waals surface area contributed by atoms with Gasteiger partial charge in [-0.1, -0.05) is 38.1 Å². The first-order valence-electron chi connectivity index (χ1n) is 8.08. The zero-order valence-electron chi connectivity index (χ0n) is 14.2. The van der Waals surface area contributed by atoms with Gasteiger partial charge in [0, 0.05) is 5.56 Å². The molecule has 0 radical (unpaired) electrons. The van der Waals surface area contributed by atoms with E-state index in [1.165, 1.54) is 0 Å². The van der Waals surface area contributed by atoms with Gasteiger partial charge in [-0.15, -0.1) is 0 Å². The molecular formula is C19H24O4. The van der Waals surface area contributed by atoms with Crippen LogP contribution in [0.2, 0.25) is 0 Å². The van der Waals surface area contributed by atoms with Gasteiger partial charge in [0.05, 0.1) is 12.0 Å². The molecule has 0 unspecified atom stereocenters. The Morgan fingerprint density at radius 1 is 1.30 bits per heavy atom. The average Bonchev–Trinajstić information content (AvgIpc) is 2.52. The van der Waals surface area contributed by atoms with E-state index >= 15 is 0 Å². The Morgan fingerprint density at radius 2 is 1.96 bits per heavy atom. The summed E-state index contributed by atoms with van der Waals surface area (Å²) < 4.78 is 4.98. The fraction of sp³-hybridized carbons (Fsp3) is 0.474. The summed E-state index contributed by atoms with van der Waals surface area (Å²) in [4.78, 5) is 25.2. The zero-order valence-corrected chi connectivity index (χ0v) is 14.2. The van der Waals surface area contributed by atoms with Crippen molar-refractivity contribution in [2.75, 3.05) is 6.61 Å². The molecule has 0 aromatic heterocycles. The van der Waals surface area contributed by atoms with Crippen LogP contribution < -0.4 is 0 Å². The number of aliphatic hydroxyl groups is 1. The summed E-state index contributed by atoms with van der Waals surface area (Å²) in [6.07, 6.45) is 1.48. The van der Waals surface area contributed by atoms with E-state index in [4.69, 9.17) is 4.74 Å². The van der Waals surface area contributed by atoms with Crippen LogP contribution in [0.15, 0.2) is 29.8 Å². The number of ketones is 1. The number of Topliss-reactive ketones (excluding diaryl/α,β-unsaturated/α-hetero) is 1.